The Hall–Kier alpha value is -1.06. The molecule has 0 radical (unpaired) electrons. The van der Waals surface area contributed by atoms with Crippen LogP contribution in [0.1, 0.15) is 32.6 Å². The van der Waals surface area contributed by atoms with Gasteiger partial charge in [0.15, 0.2) is 5.78 Å². The molecule has 1 rings (SSSR count). The van der Waals surface area contributed by atoms with Crippen molar-refractivity contribution in [3.63, 3.8) is 0 Å². The zero-order valence-corrected chi connectivity index (χ0v) is 7.75. The summed E-state index contributed by atoms with van der Waals surface area (Å²) in [5.41, 5.74) is 6.83. The summed E-state index contributed by atoms with van der Waals surface area (Å²) in [6.07, 6.45) is 4.00. The van der Waals surface area contributed by atoms with Gasteiger partial charge in [-0.25, -0.2) is 5.53 Å². The van der Waals surface area contributed by atoms with Gasteiger partial charge in [-0.2, -0.15) is 5.11 Å². The number of ketones is 2. The molecule has 1 saturated carbocycles. The molecule has 0 bridgehead atoms. The molecule has 0 aromatic carbocycles. The Kier molecular flexibility index (Phi) is 3.28. The van der Waals surface area contributed by atoms with Crippen LogP contribution in [0.15, 0.2) is 5.11 Å². The van der Waals surface area contributed by atoms with Crippen LogP contribution in [0.3, 0.4) is 0 Å². The first kappa shape index (κ1) is 10.0. The highest BCUT2D eigenvalue weighted by Crippen LogP contribution is 2.31. The number of hydrogen-bond acceptors (Lipinski definition) is 4. The second kappa shape index (κ2) is 4.25. The summed E-state index contributed by atoms with van der Waals surface area (Å²) in [6.45, 7) is 1.24. The van der Waals surface area contributed by atoms with Gasteiger partial charge in [-0.15, -0.1) is 0 Å². The van der Waals surface area contributed by atoms with Gasteiger partial charge >= 0.3 is 0 Å². The van der Waals surface area contributed by atoms with Crippen LogP contribution >= 0.6 is 0 Å². The number of nitrogens with one attached hydrogen (secondary N) is 1. The summed E-state index contributed by atoms with van der Waals surface area (Å²) in [7, 11) is 0. The molecule has 4 heteroatoms. The van der Waals surface area contributed by atoms with Gasteiger partial charge in [0, 0.05) is 6.92 Å². The zero-order valence-electron chi connectivity index (χ0n) is 7.75. The molecule has 0 aliphatic heterocycles. The van der Waals surface area contributed by atoms with Gasteiger partial charge in [-0.1, -0.05) is 19.3 Å². The van der Waals surface area contributed by atoms with E-state index in [1.807, 2.05) is 0 Å². The molecule has 1 N–H and O–H groups in total. The molecule has 0 heterocycles. The van der Waals surface area contributed by atoms with Crippen LogP contribution in [0.4, 0.5) is 0 Å². The molecule has 1 unspecified atom stereocenters. The van der Waals surface area contributed by atoms with Gasteiger partial charge < -0.3 is 0 Å². The summed E-state index contributed by atoms with van der Waals surface area (Å²) >= 11 is 0. The molecule has 0 amide bonds. The van der Waals surface area contributed by atoms with E-state index in [-0.39, 0.29) is 0 Å². The molecule has 72 valence electrons. The third-order valence-electron chi connectivity index (χ3n) is 2.59. The largest absolute Gasteiger partial charge is 0.291 e. The van der Waals surface area contributed by atoms with Crippen molar-refractivity contribution >= 4 is 11.6 Å². The number of carbonyl (C=O) groups is 2. The van der Waals surface area contributed by atoms with Crippen molar-refractivity contribution in [3.05, 3.63) is 0 Å². The van der Waals surface area contributed by atoms with Crippen LogP contribution in [0, 0.1) is 11.4 Å². The van der Waals surface area contributed by atoms with Gasteiger partial charge in [0.25, 0.3) is 0 Å². The lowest BCUT2D eigenvalue weighted by Crippen LogP contribution is -2.29. The van der Waals surface area contributed by atoms with Gasteiger partial charge in [-0.05, 0) is 12.3 Å². The maximum atomic E-state index is 11.2. The van der Waals surface area contributed by atoms with Crippen LogP contribution in [-0.4, -0.2) is 17.6 Å². The Morgan fingerprint density at radius 1 is 1.54 bits per heavy atom. The fourth-order valence-electron chi connectivity index (χ4n) is 1.50. The van der Waals surface area contributed by atoms with E-state index in [1.54, 1.807) is 0 Å². The topological polar surface area (TPSA) is 70.3 Å². The van der Waals surface area contributed by atoms with Crippen LogP contribution in [0.5, 0.6) is 0 Å². The lowest BCUT2D eigenvalue weighted by atomic mass is 9.80. The highest BCUT2D eigenvalue weighted by atomic mass is 16.2. The van der Waals surface area contributed by atoms with Crippen molar-refractivity contribution < 1.29 is 9.59 Å². The van der Waals surface area contributed by atoms with Gasteiger partial charge in [-0.3, -0.25) is 9.59 Å². The second-order valence-corrected chi connectivity index (χ2v) is 3.60. The predicted molar refractivity (Wildman–Crippen MR) is 46.6 cm³/mol. The fourth-order valence-corrected chi connectivity index (χ4v) is 1.50. The molecular formula is C9H14N2O2. The maximum absolute atomic E-state index is 11.2. The Morgan fingerprint density at radius 3 is 2.46 bits per heavy atom. The minimum Gasteiger partial charge on any atom is -0.291 e. The van der Waals surface area contributed by atoms with Crippen molar-refractivity contribution in [2.24, 2.45) is 11.0 Å². The first-order valence-corrected chi connectivity index (χ1v) is 4.56. The Morgan fingerprint density at radius 2 is 2.15 bits per heavy atom. The zero-order chi connectivity index (χ0) is 9.84. The second-order valence-electron chi connectivity index (χ2n) is 3.60. The van der Waals surface area contributed by atoms with E-state index in [0.29, 0.717) is 12.3 Å². The van der Waals surface area contributed by atoms with E-state index in [0.717, 1.165) is 12.8 Å². The fraction of sp³-hybridized carbons (Fsp3) is 0.778. The Bertz CT molecular complexity index is 234. The summed E-state index contributed by atoms with van der Waals surface area (Å²) in [4.78, 5) is 21.9. The van der Waals surface area contributed by atoms with E-state index >= 15 is 0 Å². The standard InChI is InChI=1S/C9H14N2O2/c1-6(12)9(13)8(11-10)5-7-3-2-4-7/h7-8,10H,2-5H2,1H3. The Labute approximate surface area is 77.2 Å². The minimum atomic E-state index is -0.706. The highest BCUT2D eigenvalue weighted by Gasteiger charge is 2.28. The van der Waals surface area contributed by atoms with E-state index in [4.69, 9.17) is 5.53 Å². The molecule has 0 aromatic heterocycles. The molecule has 4 nitrogen and oxygen atoms in total. The molecule has 0 saturated heterocycles. The molecule has 1 aliphatic carbocycles. The third-order valence-corrected chi connectivity index (χ3v) is 2.59. The summed E-state index contributed by atoms with van der Waals surface area (Å²) in [6, 6.07) is -0.706. The van der Waals surface area contributed by atoms with Crippen LogP contribution in [-0.2, 0) is 9.59 Å². The molecule has 1 fully saturated rings. The molecule has 1 aliphatic rings. The van der Waals surface area contributed by atoms with Crippen LogP contribution < -0.4 is 0 Å². The van der Waals surface area contributed by atoms with Gasteiger partial charge in [0.1, 0.15) is 6.04 Å². The third kappa shape index (κ3) is 2.44. The van der Waals surface area contributed by atoms with Gasteiger partial charge in [0.05, 0.1) is 0 Å². The first-order valence-electron chi connectivity index (χ1n) is 4.56. The van der Waals surface area contributed by atoms with Crippen LogP contribution in [0.25, 0.3) is 0 Å². The number of nitrogens with zero attached hydrogens (tertiary/aromatic N) is 1. The molecular weight excluding hydrogens is 168 g/mol. The maximum Gasteiger partial charge on any atom is 0.224 e. The Balaban J connectivity index is 2.45. The number of hydrogen-bond donors (Lipinski definition) is 1. The van der Waals surface area contributed by atoms with Crippen molar-refractivity contribution in [2.75, 3.05) is 0 Å². The van der Waals surface area contributed by atoms with Crippen LogP contribution in [0.2, 0.25) is 0 Å². The van der Waals surface area contributed by atoms with Crippen molar-refractivity contribution in [2.45, 2.75) is 38.6 Å². The van der Waals surface area contributed by atoms with E-state index < -0.39 is 17.6 Å². The summed E-state index contributed by atoms with van der Waals surface area (Å²) < 4.78 is 0. The average Bonchev–Trinajstić information content (AvgIpc) is 2.02. The molecule has 13 heavy (non-hydrogen) atoms. The van der Waals surface area contributed by atoms with Crippen molar-refractivity contribution in [1.29, 1.82) is 5.53 Å². The quantitative estimate of drug-likeness (QED) is 0.519. The predicted octanol–water partition coefficient (Wildman–Crippen LogP) is 1.73. The highest BCUT2D eigenvalue weighted by molar-refractivity contribution is 6.38. The number of carbonyl (C=O) groups excluding carboxylic acids is 2. The lowest BCUT2D eigenvalue weighted by Gasteiger charge is -2.26. The van der Waals surface area contributed by atoms with E-state index in [9.17, 15) is 9.59 Å². The molecule has 0 aromatic rings. The van der Waals surface area contributed by atoms with Crippen molar-refractivity contribution in [1.82, 2.24) is 0 Å². The smallest absolute Gasteiger partial charge is 0.224 e. The minimum absolute atomic E-state index is 0.486. The summed E-state index contributed by atoms with van der Waals surface area (Å²) in [5.74, 6) is -0.496. The normalized spacial score (nSPS) is 18.8. The molecule has 0 spiro atoms. The first-order chi connectivity index (χ1) is 6.15. The summed E-state index contributed by atoms with van der Waals surface area (Å²) in [5, 5.41) is 3.21. The van der Waals surface area contributed by atoms with Crippen molar-refractivity contribution in [3.8, 4) is 0 Å². The average molecular weight is 182 g/mol. The lowest BCUT2D eigenvalue weighted by molar-refractivity contribution is -0.136. The number of Topliss-reactive ketones (excluding diaryl/α,β-unsaturated/α-hetero) is 2. The van der Waals surface area contributed by atoms with Gasteiger partial charge in [0.2, 0.25) is 5.78 Å². The SMILES string of the molecule is CC(=O)C(=O)C(CC1CCC1)N=N. The van der Waals surface area contributed by atoms with E-state index in [2.05, 4.69) is 5.11 Å². The molecule has 1 atom stereocenters. The number of rotatable bonds is 5. The van der Waals surface area contributed by atoms with E-state index in [1.165, 1.54) is 13.3 Å². The monoisotopic (exact) mass is 182 g/mol.